The summed E-state index contributed by atoms with van der Waals surface area (Å²) in [7, 11) is 0.892. The van der Waals surface area contributed by atoms with Crippen molar-refractivity contribution < 1.29 is 4.21 Å². The van der Waals surface area contributed by atoms with Gasteiger partial charge in [-0.2, -0.15) is 0 Å². The van der Waals surface area contributed by atoms with Gasteiger partial charge in [-0.3, -0.25) is 9.20 Å². The van der Waals surface area contributed by atoms with Crippen LogP contribution >= 0.6 is 15.9 Å². The van der Waals surface area contributed by atoms with Crippen LogP contribution in [0.5, 0.6) is 0 Å². The number of rotatable bonds is 8. The van der Waals surface area contributed by atoms with Gasteiger partial charge in [-0.1, -0.05) is 58.4 Å². The number of guanidine groups is 1. The molecule has 2 aromatic rings. The lowest BCUT2D eigenvalue weighted by Crippen LogP contribution is -2.42. The van der Waals surface area contributed by atoms with Crippen molar-refractivity contribution in [3.63, 3.8) is 0 Å². The van der Waals surface area contributed by atoms with Crippen molar-refractivity contribution in [2.45, 2.75) is 24.0 Å². The molecule has 0 bridgehead atoms. The Morgan fingerprint density at radius 3 is 2.59 bits per heavy atom. The lowest BCUT2D eigenvalue weighted by Gasteiger charge is -2.19. The van der Waals surface area contributed by atoms with Crippen LogP contribution in [0, 0.1) is 0 Å². The zero-order valence-electron chi connectivity index (χ0n) is 15.6. The standard InChI is InChI=1S/C21H26BrN3OS/c1-23-20(24-12-13-27(26)15-17-6-3-2-4-7-17)25-16-21(10-11-21)18-8-5-9-19(22)14-18/h2-9,14H,10-13,15-16H2,1H3,(H2,23,24,25). The van der Waals surface area contributed by atoms with Crippen molar-refractivity contribution in [3.8, 4) is 0 Å². The summed E-state index contributed by atoms with van der Waals surface area (Å²) in [6.07, 6.45) is 2.38. The minimum Gasteiger partial charge on any atom is -0.356 e. The quantitative estimate of drug-likeness (QED) is 0.480. The summed E-state index contributed by atoms with van der Waals surface area (Å²) in [5, 5.41) is 6.72. The highest BCUT2D eigenvalue weighted by molar-refractivity contribution is 9.10. The molecule has 4 nitrogen and oxygen atoms in total. The first-order valence-corrected chi connectivity index (χ1v) is 11.5. The maximum absolute atomic E-state index is 12.2. The second-order valence-electron chi connectivity index (χ2n) is 6.92. The van der Waals surface area contributed by atoms with E-state index in [2.05, 4.69) is 55.8 Å². The Balaban J connectivity index is 1.43. The van der Waals surface area contributed by atoms with Crippen molar-refractivity contribution in [2.75, 3.05) is 25.9 Å². The van der Waals surface area contributed by atoms with Crippen molar-refractivity contribution in [1.29, 1.82) is 0 Å². The van der Waals surface area contributed by atoms with Gasteiger partial charge in [0.2, 0.25) is 0 Å². The fourth-order valence-electron chi connectivity index (χ4n) is 3.13. The van der Waals surface area contributed by atoms with Crippen LogP contribution in [0.2, 0.25) is 0 Å². The van der Waals surface area contributed by atoms with Crippen LogP contribution in [-0.2, 0) is 22.0 Å². The normalized spacial score (nSPS) is 16.6. The monoisotopic (exact) mass is 447 g/mol. The Bertz CT molecular complexity index is 806. The predicted molar refractivity (Wildman–Crippen MR) is 118 cm³/mol. The molecule has 0 heterocycles. The van der Waals surface area contributed by atoms with E-state index in [1.54, 1.807) is 7.05 Å². The first kappa shape index (κ1) is 20.1. The fraction of sp³-hybridized carbons (Fsp3) is 0.381. The molecule has 1 fully saturated rings. The Labute approximate surface area is 172 Å². The third-order valence-corrected chi connectivity index (χ3v) is 6.71. The fourth-order valence-corrected chi connectivity index (χ4v) is 4.56. The van der Waals surface area contributed by atoms with Gasteiger partial charge in [-0.05, 0) is 36.1 Å². The van der Waals surface area contributed by atoms with E-state index < -0.39 is 10.8 Å². The van der Waals surface area contributed by atoms with Crippen molar-refractivity contribution in [2.24, 2.45) is 4.99 Å². The number of nitrogens with zero attached hydrogens (tertiary/aromatic N) is 1. The number of aliphatic imine (C=N–C) groups is 1. The molecule has 2 N–H and O–H groups in total. The average molecular weight is 448 g/mol. The Morgan fingerprint density at radius 1 is 1.15 bits per heavy atom. The van der Waals surface area contributed by atoms with Crippen LogP contribution in [0.1, 0.15) is 24.0 Å². The van der Waals surface area contributed by atoms with E-state index in [0.717, 1.165) is 22.5 Å². The minimum atomic E-state index is -0.881. The molecule has 27 heavy (non-hydrogen) atoms. The molecule has 0 aliphatic heterocycles. The second kappa shape index (κ2) is 9.51. The first-order chi connectivity index (χ1) is 13.1. The van der Waals surface area contributed by atoms with Crippen LogP contribution < -0.4 is 10.6 Å². The summed E-state index contributed by atoms with van der Waals surface area (Å²) >= 11 is 3.56. The topological polar surface area (TPSA) is 53.5 Å². The van der Waals surface area contributed by atoms with Gasteiger partial charge in [0, 0.05) is 52.3 Å². The molecular formula is C21H26BrN3OS. The lowest BCUT2D eigenvalue weighted by atomic mass is 9.96. The van der Waals surface area contributed by atoms with Gasteiger partial charge in [0.05, 0.1) is 0 Å². The Kier molecular flexibility index (Phi) is 7.07. The van der Waals surface area contributed by atoms with Gasteiger partial charge in [-0.25, -0.2) is 0 Å². The van der Waals surface area contributed by atoms with Crippen molar-refractivity contribution in [3.05, 3.63) is 70.2 Å². The number of hydrogen-bond acceptors (Lipinski definition) is 2. The lowest BCUT2D eigenvalue weighted by molar-refractivity contribution is 0.646. The summed E-state index contributed by atoms with van der Waals surface area (Å²) in [4.78, 5) is 4.30. The molecule has 1 aliphatic carbocycles. The van der Waals surface area contributed by atoms with E-state index in [0.29, 0.717) is 18.1 Å². The van der Waals surface area contributed by atoms with E-state index in [1.807, 2.05) is 30.3 Å². The highest BCUT2D eigenvalue weighted by Gasteiger charge is 2.44. The summed E-state index contributed by atoms with van der Waals surface area (Å²) in [5.41, 5.74) is 2.68. The van der Waals surface area contributed by atoms with E-state index in [4.69, 9.17) is 0 Å². The number of nitrogens with one attached hydrogen (secondary N) is 2. The molecule has 2 aromatic carbocycles. The molecule has 1 aliphatic rings. The third kappa shape index (κ3) is 5.91. The van der Waals surface area contributed by atoms with E-state index in [-0.39, 0.29) is 5.41 Å². The second-order valence-corrected chi connectivity index (χ2v) is 9.41. The molecule has 0 aromatic heterocycles. The van der Waals surface area contributed by atoms with Crippen molar-refractivity contribution in [1.82, 2.24) is 10.6 Å². The molecule has 6 heteroatoms. The molecule has 1 atom stereocenters. The van der Waals surface area contributed by atoms with Gasteiger partial charge in [-0.15, -0.1) is 0 Å². The zero-order chi connectivity index (χ0) is 19.1. The van der Waals surface area contributed by atoms with E-state index in [9.17, 15) is 4.21 Å². The molecule has 0 spiro atoms. The SMILES string of the molecule is CN=C(NCCS(=O)Cc1ccccc1)NCC1(c2cccc(Br)c2)CC1. The maximum atomic E-state index is 12.2. The first-order valence-electron chi connectivity index (χ1n) is 9.21. The summed E-state index contributed by atoms with van der Waals surface area (Å²) in [6.45, 7) is 1.50. The number of halogens is 1. The molecule has 1 unspecified atom stereocenters. The highest BCUT2D eigenvalue weighted by atomic mass is 79.9. The van der Waals surface area contributed by atoms with Crippen LogP contribution in [-0.4, -0.2) is 36.1 Å². The van der Waals surface area contributed by atoms with E-state index in [1.165, 1.54) is 18.4 Å². The largest absolute Gasteiger partial charge is 0.356 e. The van der Waals surface area contributed by atoms with Crippen LogP contribution in [0.4, 0.5) is 0 Å². The van der Waals surface area contributed by atoms with Crippen LogP contribution in [0.3, 0.4) is 0 Å². The number of benzene rings is 2. The van der Waals surface area contributed by atoms with Gasteiger partial charge >= 0.3 is 0 Å². The molecular weight excluding hydrogens is 422 g/mol. The molecule has 144 valence electrons. The van der Waals surface area contributed by atoms with Gasteiger partial charge < -0.3 is 10.6 Å². The van der Waals surface area contributed by atoms with Gasteiger partial charge in [0.25, 0.3) is 0 Å². The minimum absolute atomic E-state index is 0.206. The smallest absolute Gasteiger partial charge is 0.191 e. The predicted octanol–water partition coefficient (Wildman–Crippen LogP) is 3.59. The average Bonchev–Trinajstić information content (AvgIpc) is 3.46. The summed E-state index contributed by atoms with van der Waals surface area (Å²) in [6, 6.07) is 18.5. The third-order valence-electron chi connectivity index (χ3n) is 4.90. The number of hydrogen-bond donors (Lipinski definition) is 2. The molecule has 1 saturated carbocycles. The highest BCUT2D eigenvalue weighted by Crippen LogP contribution is 2.48. The summed E-state index contributed by atoms with van der Waals surface area (Å²) in [5.74, 6) is 1.97. The van der Waals surface area contributed by atoms with E-state index >= 15 is 0 Å². The molecule has 0 saturated heterocycles. The molecule has 3 rings (SSSR count). The maximum Gasteiger partial charge on any atom is 0.191 e. The van der Waals surface area contributed by atoms with Crippen LogP contribution in [0.25, 0.3) is 0 Å². The Morgan fingerprint density at radius 2 is 1.93 bits per heavy atom. The summed E-state index contributed by atoms with van der Waals surface area (Å²) < 4.78 is 13.4. The Hall–Kier alpha value is -1.66. The molecule has 0 radical (unpaired) electrons. The van der Waals surface area contributed by atoms with Crippen LogP contribution in [0.15, 0.2) is 64.1 Å². The van der Waals surface area contributed by atoms with Gasteiger partial charge in [0.15, 0.2) is 5.96 Å². The zero-order valence-corrected chi connectivity index (χ0v) is 18.0. The molecule has 0 amide bonds. The van der Waals surface area contributed by atoms with Gasteiger partial charge in [0.1, 0.15) is 0 Å². The van der Waals surface area contributed by atoms with Crippen molar-refractivity contribution >= 4 is 32.7 Å².